The minimum Gasteiger partial charge on any atom is -0.381 e. The second-order valence-electron chi connectivity index (χ2n) is 9.91. The molecular formula is C30H31ClN2O4S. The summed E-state index contributed by atoms with van der Waals surface area (Å²) in [5, 5.41) is 3.58. The minimum absolute atomic E-state index is 0.114. The van der Waals surface area contributed by atoms with Gasteiger partial charge >= 0.3 is 0 Å². The van der Waals surface area contributed by atoms with Crippen LogP contribution in [0.15, 0.2) is 77.2 Å². The summed E-state index contributed by atoms with van der Waals surface area (Å²) < 4.78 is 31.4. The summed E-state index contributed by atoms with van der Waals surface area (Å²) in [6, 6.07) is 20.9. The Kier molecular flexibility index (Phi) is 8.00. The number of anilines is 1. The predicted molar refractivity (Wildman–Crippen MR) is 152 cm³/mol. The molecule has 0 aromatic heterocycles. The van der Waals surface area contributed by atoms with Gasteiger partial charge in [-0.1, -0.05) is 41.9 Å². The lowest BCUT2D eigenvalue weighted by Gasteiger charge is -2.31. The molecule has 1 N–H and O–H groups in total. The highest BCUT2D eigenvalue weighted by Crippen LogP contribution is 2.31. The molecule has 0 saturated carbocycles. The zero-order chi connectivity index (χ0) is 26.7. The Morgan fingerprint density at radius 2 is 1.68 bits per heavy atom. The fourth-order valence-electron chi connectivity index (χ4n) is 5.01. The van der Waals surface area contributed by atoms with E-state index in [1.807, 2.05) is 42.5 Å². The summed E-state index contributed by atoms with van der Waals surface area (Å²) in [7, 11) is -1.38. The van der Waals surface area contributed by atoms with Gasteiger partial charge in [-0.3, -0.25) is 9.69 Å². The van der Waals surface area contributed by atoms with Crippen LogP contribution in [0, 0.1) is 0 Å². The van der Waals surface area contributed by atoms with Crippen LogP contribution in [0.5, 0.6) is 0 Å². The van der Waals surface area contributed by atoms with Gasteiger partial charge in [-0.15, -0.1) is 0 Å². The average Bonchev–Trinajstić information content (AvgIpc) is 3.06. The van der Waals surface area contributed by atoms with Crippen LogP contribution in [0.25, 0.3) is 17.2 Å². The Balaban J connectivity index is 1.32. The summed E-state index contributed by atoms with van der Waals surface area (Å²) in [6.45, 7) is 2.45. The first kappa shape index (κ1) is 26.6. The largest absolute Gasteiger partial charge is 0.381 e. The number of ether oxygens (including phenoxy) is 1. The van der Waals surface area contributed by atoms with Crippen molar-refractivity contribution in [1.29, 1.82) is 0 Å². The fraction of sp³-hybridized carbons (Fsp3) is 0.300. The third-order valence-electron chi connectivity index (χ3n) is 7.24. The minimum atomic E-state index is -3.52. The second kappa shape index (κ2) is 11.4. The summed E-state index contributed by atoms with van der Waals surface area (Å²) in [4.78, 5) is 15.8. The first-order valence-corrected chi connectivity index (χ1v) is 14.8. The number of nitrogens with one attached hydrogen (secondary N) is 1. The molecule has 198 valence electrons. The maximum absolute atomic E-state index is 13.2. The third kappa shape index (κ3) is 6.18. The van der Waals surface area contributed by atoms with Crippen molar-refractivity contribution in [2.45, 2.75) is 36.7 Å². The lowest BCUT2D eigenvalue weighted by Crippen LogP contribution is -2.36. The van der Waals surface area contributed by atoms with Gasteiger partial charge in [0.15, 0.2) is 9.84 Å². The van der Waals surface area contributed by atoms with Crippen LogP contribution in [0.1, 0.15) is 30.4 Å². The summed E-state index contributed by atoms with van der Waals surface area (Å²) in [5.74, 6) is -0.408. The van der Waals surface area contributed by atoms with E-state index in [4.69, 9.17) is 16.3 Å². The number of amides is 1. The zero-order valence-corrected chi connectivity index (χ0v) is 22.9. The molecule has 2 heterocycles. The Labute approximate surface area is 229 Å². The maximum atomic E-state index is 13.2. The molecule has 0 aliphatic carbocycles. The number of fused-ring (bicyclic) bond motifs is 1. The molecule has 2 aliphatic rings. The van der Waals surface area contributed by atoms with E-state index in [-0.39, 0.29) is 23.0 Å². The summed E-state index contributed by atoms with van der Waals surface area (Å²) in [6.07, 6.45) is 3.93. The van der Waals surface area contributed by atoms with Gasteiger partial charge in [0.1, 0.15) is 0 Å². The van der Waals surface area contributed by atoms with Crippen molar-refractivity contribution in [2.75, 3.05) is 31.3 Å². The molecule has 3 aromatic carbocycles. The number of hydrogen-bond donors (Lipinski definition) is 1. The number of rotatable bonds is 6. The van der Waals surface area contributed by atoms with Crippen molar-refractivity contribution < 1.29 is 17.9 Å². The summed E-state index contributed by atoms with van der Waals surface area (Å²) >= 11 is 6.02. The van der Waals surface area contributed by atoms with E-state index >= 15 is 0 Å². The molecule has 2 aliphatic heterocycles. The molecule has 1 saturated heterocycles. The highest BCUT2D eigenvalue weighted by molar-refractivity contribution is 7.91. The quantitative estimate of drug-likeness (QED) is 0.419. The van der Waals surface area contributed by atoms with Crippen molar-refractivity contribution in [1.82, 2.24) is 4.90 Å². The van der Waals surface area contributed by atoms with Crippen molar-refractivity contribution in [2.24, 2.45) is 0 Å². The highest BCUT2D eigenvalue weighted by Gasteiger charge is 2.25. The topological polar surface area (TPSA) is 75.7 Å². The normalized spacial score (nSPS) is 17.4. The standard InChI is InChI=1S/C30H31ClN2O4S/c1-33(28-12-15-37-16-13-28)20-21-2-9-27(10-3-21)32-30(34)24-14-17-38(35,36)29-11-6-23(18-25(29)19-24)22-4-7-26(31)8-5-22/h2-11,18-19,28H,12-17,20H2,1H3,(H,32,34). The molecule has 38 heavy (non-hydrogen) atoms. The fourth-order valence-corrected chi connectivity index (χ4v) is 6.59. The van der Waals surface area contributed by atoms with Crippen molar-refractivity contribution in [3.63, 3.8) is 0 Å². The number of sulfone groups is 1. The molecule has 0 radical (unpaired) electrons. The van der Waals surface area contributed by atoms with Gasteiger partial charge in [0.2, 0.25) is 0 Å². The number of carbonyl (C=O) groups excluding carboxylic acids is 1. The van der Waals surface area contributed by atoms with E-state index in [1.165, 1.54) is 5.56 Å². The van der Waals surface area contributed by atoms with Gasteiger partial charge in [0.25, 0.3) is 5.91 Å². The van der Waals surface area contributed by atoms with Crippen LogP contribution in [-0.4, -0.2) is 51.3 Å². The maximum Gasteiger partial charge on any atom is 0.251 e. The van der Waals surface area contributed by atoms with E-state index in [9.17, 15) is 13.2 Å². The highest BCUT2D eigenvalue weighted by atomic mass is 35.5. The van der Waals surface area contributed by atoms with Crippen molar-refractivity contribution in [3.05, 3.63) is 88.5 Å². The second-order valence-corrected chi connectivity index (χ2v) is 12.4. The Morgan fingerprint density at radius 3 is 2.39 bits per heavy atom. The number of halogens is 1. The molecule has 1 amide bonds. The molecule has 0 bridgehead atoms. The molecular weight excluding hydrogens is 520 g/mol. The van der Waals surface area contributed by atoms with Crippen LogP contribution >= 0.6 is 11.6 Å². The molecule has 3 aromatic rings. The summed E-state index contributed by atoms with van der Waals surface area (Å²) in [5.41, 5.74) is 4.57. The van der Waals surface area contributed by atoms with Crippen LogP contribution in [0.2, 0.25) is 5.02 Å². The van der Waals surface area contributed by atoms with Gasteiger partial charge in [-0.25, -0.2) is 8.42 Å². The van der Waals surface area contributed by atoms with Crippen LogP contribution in [0.4, 0.5) is 5.69 Å². The van der Waals surface area contributed by atoms with E-state index in [0.29, 0.717) is 27.9 Å². The Hall–Kier alpha value is -2.97. The van der Waals surface area contributed by atoms with Gasteiger partial charge in [0, 0.05) is 42.1 Å². The van der Waals surface area contributed by atoms with E-state index < -0.39 is 9.84 Å². The first-order chi connectivity index (χ1) is 18.3. The van der Waals surface area contributed by atoms with E-state index in [0.717, 1.165) is 43.7 Å². The van der Waals surface area contributed by atoms with Crippen LogP contribution in [0.3, 0.4) is 0 Å². The zero-order valence-electron chi connectivity index (χ0n) is 21.3. The predicted octanol–water partition coefficient (Wildman–Crippen LogP) is 5.82. The number of carbonyl (C=O) groups is 1. The lowest BCUT2D eigenvalue weighted by atomic mass is 10.0. The average molecular weight is 551 g/mol. The van der Waals surface area contributed by atoms with E-state index in [1.54, 1.807) is 30.3 Å². The van der Waals surface area contributed by atoms with E-state index in [2.05, 4.69) is 17.3 Å². The molecule has 8 heteroatoms. The van der Waals surface area contributed by atoms with Crippen molar-refractivity contribution in [3.8, 4) is 11.1 Å². The number of nitrogens with zero attached hydrogens (tertiary/aromatic N) is 1. The lowest BCUT2D eigenvalue weighted by molar-refractivity contribution is -0.112. The van der Waals surface area contributed by atoms with Crippen LogP contribution in [-0.2, 0) is 25.9 Å². The van der Waals surface area contributed by atoms with Crippen LogP contribution < -0.4 is 5.32 Å². The smallest absolute Gasteiger partial charge is 0.251 e. The van der Waals surface area contributed by atoms with Gasteiger partial charge in [-0.2, -0.15) is 0 Å². The van der Waals surface area contributed by atoms with Gasteiger partial charge in [-0.05, 0) is 91.0 Å². The monoisotopic (exact) mass is 550 g/mol. The van der Waals surface area contributed by atoms with Gasteiger partial charge in [0.05, 0.1) is 10.6 Å². The molecule has 0 spiro atoms. The van der Waals surface area contributed by atoms with Crippen molar-refractivity contribution >= 4 is 39.1 Å². The molecule has 0 unspecified atom stereocenters. The number of hydrogen-bond acceptors (Lipinski definition) is 5. The molecule has 0 atom stereocenters. The first-order valence-electron chi connectivity index (χ1n) is 12.8. The molecule has 1 fully saturated rings. The molecule has 6 nitrogen and oxygen atoms in total. The Morgan fingerprint density at radius 1 is 1.00 bits per heavy atom. The third-order valence-corrected chi connectivity index (χ3v) is 9.28. The Bertz CT molecular complexity index is 1440. The number of benzene rings is 3. The SMILES string of the molecule is CN(Cc1ccc(NC(=O)C2=Cc3cc(-c4ccc(Cl)cc4)ccc3S(=O)(=O)CC2)cc1)C1CCOCC1. The molecule has 5 rings (SSSR count). The van der Waals surface area contributed by atoms with Gasteiger partial charge < -0.3 is 10.1 Å².